The predicted molar refractivity (Wildman–Crippen MR) is 56.5 cm³/mol. The van der Waals surface area contributed by atoms with Crippen LogP contribution in [-0.2, 0) is 6.54 Å². The van der Waals surface area contributed by atoms with Crippen LogP contribution >= 0.6 is 27.5 Å². The van der Waals surface area contributed by atoms with E-state index in [1.54, 1.807) is 12.1 Å². The van der Waals surface area contributed by atoms with Crippen LogP contribution in [0.25, 0.3) is 0 Å². The maximum Gasteiger partial charge on any atom is 0.143 e. The van der Waals surface area contributed by atoms with Crippen molar-refractivity contribution < 1.29 is 4.39 Å². The van der Waals surface area contributed by atoms with Crippen molar-refractivity contribution in [1.29, 1.82) is 0 Å². The zero-order valence-corrected chi connectivity index (χ0v) is 9.78. The highest BCUT2D eigenvalue weighted by Crippen LogP contribution is 2.26. The van der Waals surface area contributed by atoms with E-state index in [0.717, 1.165) is 0 Å². The van der Waals surface area contributed by atoms with Gasteiger partial charge in [0.2, 0.25) is 0 Å². The van der Waals surface area contributed by atoms with Crippen molar-refractivity contribution in [2.45, 2.75) is 6.54 Å². The second-order valence-electron chi connectivity index (χ2n) is 3.06. The highest BCUT2D eigenvalue weighted by Gasteiger charge is 2.11. The first kappa shape index (κ1) is 11.0. The van der Waals surface area contributed by atoms with Gasteiger partial charge in [-0.2, -0.15) is 0 Å². The van der Waals surface area contributed by atoms with Crippen LogP contribution in [0.3, 0.4) is 0 Å². The predicted octanol–water partition coefficient (Wildman–Crippen LogP) is 3.30. The molecule has 4 heteroatoms. The maximum absolute atomic E-state index is 13.5. The summed E-state index contributed by atoms with van der Waals surface area (Å²) in [5.74, 6) is -0.277. The third kappa shape index (κ3) is 2.66. The molecule has 0 bridgehead atoms. The Hall–Kier alpha value is -0.120. The number of hydrogen-bond donors (Lipinski definition) is 0. The van der Waals surface area contributed by atoms with E-state index in [1.807, 2.05) is 19.0 Å². The lowest BCUT2D eigenvalue weighted by Gasteiger charge is -2.12. The van der Waals surface area contributed by atoms with Gasteiger partial charge in [0, 0.05) is 17.1 Å². The molecule has 0 N–H and O–H groups in total. The topological polar surface area (TPSA) is 3.24 Å². The average Bonchev–Trinajstić information content (AvgIpc) is 2.05. The van der Waals surface area contributed by atoms with Crippen molar-refractivity contribution in [3.63, 3.8) is 0 Å². The van der Waals surface area contributed by atoms with Gasteiger partial charge in [0.15, 0.2) is 0 Å². The zero-order chi connectivity index (χ0) is 10.0. The molecule has 0 heterocycles. The van der Waals surface area contributed by atoms with Crippen LogP contribution in [0, 0.1) is 5.82 Å². The van der Waals surface area contributed by atoms with E-state index >= 15 is 0 Å². The van der Waals surface area contributed by atoms with Crippen LogP contribution in [0.1, 0.15) is 5.56 Å². The summed E-state index contributed by atoms with van der Waals surface area (Å²) in [6, 6.07) is 3.30. The molecule has 1 nitrogen and oxygen atoms in total. The molecule has 1 aromatic rings. The Labute approximate surface area is 90.6 Å². The molecular formula is C9H10BrClFN. The Morgan fingerprint density at radius 3 is 2.62 bits per heavy atom. The number of benzene rings is 1. The molecular weight excluding hydrogens is 256 g/mol. The molecule has 0 atom stereocenters. The third-order valence-electron chi connectivity index (χ3n) is 1.61. The van der Waals surface area contributed by atoms with Gasteiger partial charge in [0.25, 0.3) is 0 Å². The minimum absolute atomic E-state index is 0.277. The molecule has 13 heavy (non-hydrogen) atoms. The lowest BCUT2D eigenvalue weighted by atomic mass is 10.2. The second-order valence-corrected chi connectivity index (χ2v) is 4.32. The van der Waals surface area contributed by atoms with Crippen LogP contribution < -0.4 is 0 Å². The molecule has 0 saturated carbocycles. The van der Waals surface area contributed by atoms with Crippen molar-refractivity contribution in [3.8, 4) is 0 Å². The van der Waals surface area contributed by atoms with E-state index in [0.29, 0.717) is 21.6 Å². The summed E-state index contributed by atoms with van der Waals surface area (Å²) in [6.45, 7) is 0.504. The van der Waals surface area contributed by atoms with Crippen molar-refractivity contribution in [3.05, 3.63) is 33.0 Å². The Kier molecular flexibility index (Phi) is 3.71. The molecule has 0 aliphatic rings. The van der Waals surface area contributed by atoms with Gasteiger partial charge in [-0.05, 0) is 42.2 Å². The minimum Gasteiger partial charge on any atom is -0.305 e. The second kappa shape index (κ2) is 4.40. The third-order valence-corrected chi connectivity index (χ3v) is 2.58. The van der Waals surface area contributed by atoms with Crippen LogP contribution in [0.5, 0.6) is 0 Å². The number of hydrogen-bond acceptors (Lipinski definition) is 1. The average molecular weight is 267 g/mol. The van der Waals surface area contributed by atoms with Gasteiger partial charge >= 0.3 is 0 Å². The lowest BCUT2D eigenvalue weighted by molar-refractivity contribution is 0.392. The van der Waals surface area contributed by atoms with Crippen molar-refractivity contribution in [2.75, 3.05) is 14.1 Å². The number of halogens is 3. The van der Waals surface area contributed by atoms with E-state index in [4.69, 9.17) is 11.6 Å². The molecule has 0 aliphatic carbocycles. The fourth-order valence-electron chi connectivity index (χ4n) is 1.03. The van der Waals surface area contributed by atoms with Gasteiger partial charge in [0.1, 0.15) is 5.82 Å². The molecule has 0 saturated heterocycles. The molecule has 1 aromatic carbocycles. The van der Waals surface area contributed by atoms with E-state index in [2.05, 4.69) is 15.9 Å². The fraction of sp³-hybridized carbons (Fsp3) is 0.333. The standard InChI is InChI=1S/C9H10BrClFN/c1-13(2)5-6-8(11)4-3-7(10)9(6)12/h3-4H,5H2,1-2H3. The Balaban J connectivity index is 3.10. The van der Waals surface area contributed by atoms with E-state index in [1.165, 1.54) is 0 Å². The summed E-state index contributed by atoms with van der Waals surface area (Å²) in [5.41, 5.74) is 0.529. The normalized spacial score (nSPS) is 10.9. The summed E-state index contributed by atoms with van der Waals surface area (Å²) in [4.78, 5) is 1.87. The Bertz CT molecular complexity index is 315. The van der Waals surface area contributed by atoms with Crippen LogP contribution in [0.2, 0.25) is 5.02 Å². The molecule has 72 valence electrons. The summed E-state index contributed by atoms with van der Waals surface area (Å²) < 4.78 is 13.9. The van der Waals surface area contributed by atoms with Crippen molar-refractivity contribution >= 4 is 27.5 Å². The van der Waals surface area contributed by atoms with Crippen molar-refractivity contribution in [1.82, 2.24) is 4.90 Å². The van der Waals surface area contributed by atoms with Crippen LogP contribution in [0.4, 0.5) is 4.39 Å². The SMILES string of the molecule is CN(C)Cc1c(Cl)ccc(Br)c1F. The first-order chi connectivity index (χ1) is 6.02. The Morgan fingerprint density at radius 2 is 2.08 bits per heavy atom. The minimum atomic E-state index is -0.277. The largest absolute Gasteiger partial charge is 0.305 e. The van der Waals surface area contributed by atoms with Gasteiger partial charge in [-0.25, -0.2) is 4.39 Å². The van der Waals surface area contributed by atoms with Gasteiger partial charge in [-0.1, -0.05) is 11.6 Å². The van der Waals surface area contributed by atoms with Crippen LogP contribution in [0.15, 0.2) is 16.6 Å². The number of nitrogens with zero attached hydrogens (tertiary/aromatic N) is 1. The summed E-state index contributed by atoms with van der Waals surface area (Å²) in [7, 11) is 3.74. The molecule has 0 amide bonds. The molecule has 0 aromatic heterocycles. The quantitative estimate of drug-likeness (QED) is 0.743. The van der Waals surface area contributed by atoms with Gasteiger partial charge in [-0.3, -0.25) is 0 Å². The summed E-state index contributed by atoms with van der Waals surface area (Å²) >= 11 is 8.98. The lowest BCUT2D eigenvalue weighted by Crippen LogP contribution is -2.12. The molecule has 0 radical (unpaired) electrons. The monoisotopic (exact) mass is 265 g/mol. The molecule has 0 unspecified atom stereocenters. The number of rotatable bonds is 2. The molecule has 0 aliphatic heterocycles. The van der Waals surface area contributed by atoms with Gasteiger partial charge in [0.05, 0.1) is 4.47 Å². The smallest absolute Gasteiger partial charge is 0.143 e. The van der Waals surface area contributed by atoms with Crippen LogP contribution in [-0.4, -0.2) is 19.0 Å². The zero-order valence-electron chi connectivity index (χ0n) is 7.44. The summed E-state index contributed by atoms with van der Waals surface area (Å²) in [5, 5.41) is 0.467. The van der Waals surface area contributed by atoms with Gasteiger partial charge in [-0.15, -0.1) is 0 Å². The van der Waals surface area contributed by atoms with Gasteiger partial charge < -0.3 is 4.90 Å². The Morgan fingerprint density at radius 1 is 1.46 bits per heavy atom. The van der Waals surface area contributed by atoms with E-state index in [-0.39, 0.29) is 5.82 Å². The summed E-state index contributed by atoms with van der Waals surface area (Å²) in [6.07, 6.45) is 0. The first-order valence-corrected chi connectivity index (χ1v) is 4.96. The molecule has 0 spiro atoms. The highest BCUT2D eigenvalue weighted by atomic mass is 79.9. The first-order valence-electron chi connectivity index (χ1n) is 3.79. The van der Waals surface area contributed by atoms with E-state index in [9.17, 15) is 4.39 Å². The fourth-order valence-corrected chi connectivity index (χ4v) is 1.61. The molecule has 1 rings (SSSR count). The molecule has 0 fully saturated rings. The maximum atomic E-state index is 13.5. The van der Waals surface area contributed by atoms with E-state index < -0.39 is 0 Å². The van der Waals surface area contributed by atoms with Crippen molar-refractivity contribution in [2.24, 2.45) is 0 Å². The highest BCUT2D eigenvalue weighted by molar-refractivity contribution is 9.10.